The van der Waals surface area contributed by atoms with Crippen LogP contribution in [0.25, 0.3) is 10.2 Å². The molecular weight excluding hydrogens is 545 g/mol. The van der Waals surface area contributed by atoms with E-state index in [1.165, 1.54) is 29.5 Å². The van der Waals surface area contributed by atoms with Crippen molar-refractivity contribution in [3.8, 4) is 0 Å². The first kappa shape index (κ1) is 28.6. The molecular formula is C26H34N4O5S3. The van der Waals surface area contributed by atoms with E-state index >= 15 is 0 Å². The summed E-state index contributed by atoms with van der Waals surface area (Å²) in [6.45, 7) is 3.46. The minimum atomic E-state index is -3.65. The fourth-order valence-corrected chi connectivity index (χ4v) is 8.10. The Hall–Kier alpha value is -2.38. The maximum Gasteiger partial charge on any atom is 0.260 e. The normalized spacial score (nSPS) is 17.2. The van der Waals surface area contributed by atoms with Gasteiger partial charge in [-0.3, -0.25) is 9.69 Å². The van der Waals surface area contributed by atoms with E-state index in [0.29, 0.717) is 40.5 Å². The highest BCUT2D eigenvalue weighted by molar-refractivity contribution is 7.90. The van der Waals surface area contributed by atoms with Crippen LogP contribution >= 0.6 is 11.3 Å². The number of anilines is 1. The second kappa shape index (κ2) is 11.4. The third kappa shape index (κ3) is 6.09. The predicted molar refractivity (Wildman–Crippen MR) is 151 cm³/mol. The molecule has 38 heavy (non-hydrogen) atoms. The van der Waals surface area contributed by atoms with E-state index in [4.69, 9.17) is 0 Å². The predicted octanol–water partition coefficient (Wildman–Crippen LogP) is 3.86. The van der Waals surface area contributed by atoms with Gasteiger partial charge in [-0.25, -0.2) is 21.8 Å². The third-order valence-electron chi connectivity index (χ3n) is 6.78. The van der Waals surface area contributed by atoms with Crippen LogP contribution in [0.1, 0.15) is 43.0 Å². The van der Waals surface area contributed by atoms with Crippen LogP contribution in [0.3, 0.4) is 0 Å². The van der Waals surface area contributed by atoms with Crippen LogP contribution in [0, 0.1) is 0 Å². The minimum Gasteiger partial charge on any atom is -0.308 e. The molecule has 3 aromatic rings. The van der Waals surface area contributed by atoms with E-state index < -0.39 is 19.9 Å². The molecule has 9 nitrogen and oxygen atoms in total. The Bertz CT molecular complexity index is 1520. The minimum absolute atomic E-state index is 0.00108. The van der Waals surface area contributed by atoms with E-state index in [0.717, 1.165) is 31.9 Å². The summed E-state index contributed by atoms with van der Waals surface area (Å²) in [5.74, 6) is -0.303. The maximum atomic E-state index is 13.6. The quantitative estimate of drug-likeness (QED) is 0.379. The molecule has 0 N–H and O–H groups in total. The van der Waals surface area contributed by atoms with Crippen molar-refractivity contribution in [3.05, 3.63) is 48.0 Å². The van der Waals surface area contributed by atoms with Gasteiger partial charge in [0.05, 0.1) is 20.0 Å². The van der Waals surface area contributed by atoms with Crippen molar-refractivity contribution in [2.75, 3.05) is 44.9 Å². The number of rotatable bonds is 9. The number of benzene rings is 2. The SMILES string of the molecule is CCC1CCCCN1S(=O)(=O)c1ccc(C(=O)N(CCN(C)C)c2nc3ccc(S(C)(=O)=O)cc3s2)cc1. The topological polar surface area (TPSA) is 108 Å². The van der Waals surface area contributed by atoms with Crippen LogP contribution in [0.15, 0.2) is 52.3 Å². The molecule has 4 rings (SSSR count). The Kier molecular flexibility index (Phi) is 8.58. The number of carbonyl (C=O) groups is 1. The molecule has 1 saturated heterocycles. The van der Waals surface area contributed by atoms with Gasteiger partial charge in [0.15, 0.2) is 15.0 Å². The zero-order valence-electron chi connectivity index (χ0n) is 22.1. The Morgan fingerprint density at radius 3 is 2.34 bits per heavy atom. The fraction of sp³-hybridized carbons (Fsp3) is 0.462. The van der Waals surface area contributed by atoms with Crippen molar-refractivity contribution in [1.82, 2.24) is 14.2 Å². The summed E-state index contributed by atoms with van der Waals surface area (Å²) in [5, 5.41) is 0.452. The first-order chi connectivity index (χ1) is 17.9. The van der Waals surface area contributed by atoms with Crippen molar-refractivity contribution in [3.63, 3.8) is 0 Å². The number of sulfonamides is 1. The molecule has 1 fully saturated rings. The molecule has 206 valence electrons. The van der Waals surface area contributed by atoms with Gasteiger partial charge in [-0.15, -0.1) is 0 Å². The number of fused-ring (bicyclic) bond motifs is 1. The molecule has 0 aliphatic carbocycles. The van der Waals surface area contributed by atoms with E-state index in [1.54, 1.807) is 33.5 Å². The standard InChI is InChI=1S/C26H34N4O5S3/c1-5-20-8-6-7-15-30(20)38(34,35)21-11-9-19(10-12-21)25(31)29(17-16-28(2)3)26-27-23-14-13-22(37(4,32)33)18-24(23)36-26/h9-14,18,20H,5-8,15-17H2,1-4H3. The first-order valence-electron chi connectivity index (χ1n) is 12.6. The van der Waals surface area contributed by atoms with E-state index in [9.17, 15) is 21.6 Å². The van der Waals surface area contributed by atoms with Crippen molar-refractivity contribution < 1.29 is 21.6 Å². The zero-order valence-corrected chi connectivity index (χ0v) is 24.6. The van der Waals surface area contributed by atoms with Gasteiger partial charge >= 0.3 is 0 Å². The fourth-order valence-electron chi connectivity index (χ4n) is 4.58. The van der Waals surface area contributed by atoms with Crippen molar-refractivity contribution in [2.24, 2.45) is 0 Å². The maximum absolute atomic E-state index is 13.6. The van der Waals surface area contributed by atoms with Crippen LogP contribution in [0.4, 0.5) is 5.13 Å². The number of sulfone groups is 1. The summed E-state index contributed by atoms with van der Waals surface area (Å²) >= 11 is 1.25. The molecule has 0 saturated carbocycles. The molecule has 1 amide bonds. The number of hydrogen-bond donors (Lipinski definition) is 0. The summed E-state index contributed by atoms with van der Waals surface area (Å²) in [6, 6.07) is 10.8. The number of nitrogens with zero attached hydrogens (tertiary/aromatic N) is 4. The van der Waals surface area contributed by atoms with Crippen LogP contribution in [-0.4, -0.2) is 83.0 Å². The second-order valence-electron chi connectivity index (χ2n) is 9.86. The highest BCUT2D eigenvalue weighted by Crippen LogP contribution is 2.32. The highest BCUT2D eigenvalue weighted by Gasteiger charge is 2.32. The van der Waals surface area contributed by atoms with Gasteiger partial charge in [0.1, 0.15) is 0 Å². The van der Waals surface area contributed by atoms with Crippen LogP contribution in [0.2, 0.25) is 0 Å². The van der Waals surface area contributed by atoms with Gasteiger partial charge < -0.3 is 4.90 Å². The molecule has 1 unspecified atom stereocenters. The van der Waals surface area contributed by atoms with Gasteiger partial charge in [-0.1, -0.05) is 24.7 Å². The van der Waals surface area contributed by atoms with E-state index in [2.05, 4.69) is 4.98 Å². The highest BCUT2D eigenvalue weighted by atomic mass is 32.2. The van der Waals surface area contributed by atoms with E-state index in [-0.39, 0.29) is 21.7 Å². The Morgan fingerprint density at radius 1 is 1.03 bits per heavy atom. The molecule has 0 radical (unpaired) electrons. The lowest BCUT2D eigenvalue weighted by atomic mass is 10.0. The molecule has 1 aromatic heterocycles. The zero-order chi connectivity index (χ0) is 27.7. The monoisotopic (exact) mass is 578 g/mol. The molecule has 0 spiro atoms. The summed E-state index contributed by atoms with van der Waals surface area (Å²) in [4.78, 5) is 22.1. The number of aromatic nitrogens is 1. The smallest absolute Gasteiger partial charge is 0.260 e. The number of hydrogen-bond acceptors (Lipinski definition) is 8. The van der Waals surface area contributed by atoms with Gasteiger partial charge in [-0.2, -0.15) is 4.31 Å². The van der Waals surface area contributed by atoms with Crippen molar-refractivity contribution in [1.29, 1.82) is 0 Å². The summed E-state index contributed by atoms with van der Waals surface area (Å²) in [6.07, 6.45) is 4.66. The number of likely N-dealkylation sites (N-methyl/N-ethyl adjacent to an activating group) is 1. The Balaban J connectivity index is 1.64. The average Bonchev–Trinajstić information content (AvgIpc) is 3.31. The van der Waals surface area contributed by atoms with Crippen molar-refractivity contribution >= 4 is 52.5 Å². The Morgan fingerprint density at radius 2 is 1.71 bits per heavy atom. The largest absolute Gasteiger partial charge is 0.308 e. The average molecular weight is 579 g/mol. The third-order valence-corrected chi connectivity index (χ3v) is 10.9. The van der Waals surface area contributed by atoms with Gasteiger partial charge in [0.2, 0.25) is 10.0 Å². The van der Waals surface area contributed by atoms with Gasteiger partial charge in [-0.05, 0) is 75.8 Å². The summed E-state index contributed by atoms with van der Waals surface area (Å²) in [7, 11) is -3.22. The molecule has 12 heteroatoms. The summed E-state index contributed by atoms with van der Waals surface area (Å²) in [5.41, 5.74) is 0.956. The number of carbonyl (C=O) groups excluding carboxylic acids is 1. The number of thiazole rings is 1. The van der Waals surface area contributed by atoms with Crippen LogP contribution in [0.5, 0.6) is 0 Å². The molecule has 2 heterocycles. The number of piperidine rings is 1. The second-order valence-corrected chi connectivity index (χ2v) is 14.8. The molecule has 2 aromatic carbocycles. The summed E-state index contributed by atoms with van der Waals surface area (Å²) < 4.78 is 52.9. The molecule has 1 aliphatic heterocycles. The molecule has 1 aliphatic rings. The van der Waals surface area contributed by atoms with Gasteiger partial charge in [0.25, 0.3) is 5.91 Å². The first-order valence-corrected chi connectivity index (χ1v) is 16.8. The van der Waals surface area contributed by atoms with Crippen molar-refractivity contribution in [2.45, 2.75) is 48.4 Å². The molecule has 1 atom stereocenters. The lowest BCUT2D eigenvalue weighted by Gasteiger charge is -2.34. The Labute approximate surface area is 229 Å². The lowest BCUT2D eigenvalue weighted by Crippen LogP contribution is -2.43. The van der Waals surface area contributed by atoms with Crippen LogP contribution < -0.4 is 4.90 Å². The van der Waals surface area contributed by atoms with Gasteiger partial charge in [0, 0.05) is 37.5 Å². The number of amides is 1. The van der Waals surface area contributed by atoms with Crippen LogP contribution in [-0.2, 0) is 19.9 Å². The molecule has 0 bridgehead atoms. The van der Waals surface area contributed by atoms with E-state index in [1.807, 2.05) is 25.9 Å². The lowest BCUT2D eigenvalue weighted by molar-refractivity contribution is 0.0985.